The molecule has 2 unspecified atom stereocenters. The van der Waals surface area contributed by atoms with Crippen molar-refractivity contribution in [1.29, 1.82) is 0 Å². The molecule has 3 rings (SSSR count). The predicted octanol–water partition coefficient (Wildman–Crippen LogP) is 4.85. The molecule has 4 nitrogen and oxygen atoms in total. The highest BCUT2D eigenvalue weighted by atomic mass is 35.5. The molecule has 1 radical (unpaired) electrons. The quantitative estimate of drug-likeness (QED) is 0.533. The third-order valence-corrected chi connectivity index (χ3v) is 5.71. The Hall–Kier alpha value is -2.59. The lowest BCUT2D eigenvalue weighted by atomic mass is 10.00. The summed E-state index contributed by atoms with van der Waals surface area (Å²) in [5, 5.41) is 0.633. The average molecular weight is 410 g/mol. The largest absolute Gasteiger partial charge is 0.313 e. The summed E-state index contributed by atoms with van der Waals surface area (Å²) in [6.07, 6.45) is 6.95. The molecule has 29 heavy (non-hydrogen) atoms. The zero-order valence-corrected chi connectivity index (χ0v) is 17.6. The fourth-order valence-corrected chi connectivity index (χ4v) is 3.73. The van der Waals surface area contributed by atoms with Gasteiger partial charge in [-0.15, -0.1) is 0 Å². The van der Waals surface area contributed by atoms with E-state index < -0.39 is 0 Å². The summed E-state index contributed by atoms with van der Waals surface area (Å²) in [6.45, 7) is 4.10. The van der Waals surface area contributed by atoms with Crippen molar-refractivity contribution >= 4 is 11.6 Å². The van der Waals surface area contributed by atoms with Crippen molar-refractivity contribution in [3.63, 3.8) is 0 Å². The Bertz CT molecular complexity index is 1070. The topological polar surface area (TPSA) is 44.0 Å². The third-order valence-electron chi connectivity index (χ3n) is 5.36. The molecule has 0 aliphatic heterocycles. The van der Waals surface area contributed by atoms with Gasteiger partial charge in [-0.3, -0.25) is 9.59 Å². The minimum absolute atomic E-state index is 0.0107. The molecule has 0 aliphatic rings. The van der Waals surface area contributed by atoms with Crippen molar-refractivity contribution in [3.8, 4) is 0 Å². The number of aryl methyl sites for hydroxylation is 2. The Morgan fingerprint density at radius 3 is 2.00 bits per heavy atom. The van der Waals surface area contributed by atoms with Crippen LogP contribution < -0.4 is 11.1 Å². The van der Waals surface area contributed by atoms with Gasteiger partial charge in [-0.25, -0.2) is 0 Å². The first-order valence-corrected chi connectivity index (χ1v) is 10.4. The number of halogens is 1. The van der Waals surface area contributed by atoms with Gasteiger partial charge in [-0.1, -0.05) is 29.8 Å². The van der Waals surface area contributed by atoms with Crippen LogP contribution in [0.25, 0.3) is 0 Å². The maximum absolute atomic E-state index is 12.0. The molecule has 0 saturated carbocycles. The highest BCUT2D eigenvalue weighted by Crippen LogP contribution is 2.23. The minimum atomic E-state index is 0.0107. The van der Waals surface area contributed by atoms with E-state index in [4.69, 9.17) is 11.6 Å². The molecule has 2 heterocycles. The van der Waals surface area contributed by atoms with Crippen LogP contribution in [0.15, 0.2) is 70.5 Å². The van der Waals surface area contributed by atoms with Crippen LogP contribution in [0.2, 0.25) is 5.02 Å². The zero-order valence-electron chi connectivity index (χ0n) is 16.8. The van der Waals surface area contributed by atoms with E-state index in [1.54, 1.807) is 33.4 Å². The van der Waals surface area contributed by atoms with E-state index in [0.29, 0.717) is 5.02 Å². The molecule has 0 saturated heterocycles. The Morgan fingerprint density at radius 1 is 0.897 bits per heavy atom. The molecular formula is C24H26ClN2O2. The Labute approximate surface area is 176 Å². The van der Waals surface area contributed by atoms with Gasteiger partial charge in [0.25, 0.3) is 11.1 Å². The number of aromatic nitrogens is 2. The van der Waals surface area contributed by atoms with Crippen molar-refractivity contribution in [1.82, 2.24) is 9.13 Å². The molecule has 2 atom stereocenters. The number of nitrogens with zero attached hydrogens (tertiary/aromatic N) is 2. The molecule has 0 amide bonds. The van der Waals surface area contributed by atoms with Crippen molar-refractivity contribution in [2.45, 2.75) is 51.6 Å². The van der Waals surface area contributed by atoms with Crippen LogP contribution in [0.4, 0.5) is 0 Å². The van der Waals surface area contributed by atoms with Gasteiger partial charge in [-0.2, -0.15) is 0 Å². The van der Waals surface area contributed by atoms with Crippen molar-refractivity contribution < 1.29 is 0 Å². The smallest absolute Gasteiger partial charge is 0.250 e. The molecule has 5 heteroatoms. The fourth-order valence-electron chi connectivity index (χ4n) is 3.53. The second kappa shape index (κ2) is 9.75. The predicted molar refractivity (Wildman–Crippen MR) is 118 cm³/mol. The summed E-state index contributed by atoms with van der Waals surface area (Å²) in [6, 6.07) is 17.8. The lowest BCUT2D eigenvalue weighted by Crippen LogP contribution is -2.21. The lowest BCUT2D eigenvalue weighted by molar-refractivity contribution is 0.489. The Morgan fingerprint density at radius 2 is 1.45 bits per heavy atom. The zero-order chi connectivity index (χ0) is 20.8. The van der Waals surface area contributed by atoms with Crippen molar-refractivity contribution in [2.75, 3.05) is 0 Å². The van der Waals surface area contributed by atoms with Gasteiger partial charge in [0.15, 0.2) is 0 Å². The van der Waals surface area contributed by atoms with Crippen LogP contribution in [0.3, 0.4) is 0 Å². The third kappa shape index (κ3) is 5.48. The van der Waals surface area contributed by atoms with Gasteiger partial charge in [0.1, 0.15) is 0 Å². The van der Waals surface area contributed by atoms with E-state index >= 15 is 0 Å². The molecule has 0 bridgehead atoms. The van der Waals surface area contributed by atoms with Crippen molar-refractivity contribution in [3.05, 3.63) is 104 Å². The van der Waals surface area contributed by atoms with Crippen LogP contribution >= 0.6 is 11.6 Å². The molecular weight excluding hydrogens is 384 g/mol. The number of hydrogen-bond acceptors (Lipinski definition) is 2. The SMILES string of the molecule is CC(CCc1c[c]c(Cl)c(CCC(C)n2ccccc2=O)c1)n1ccccc1=O. The van der Waals surface area contributed by atoms with Gasteiger partial charge in [0.05, 0.1) is 5.02 Å². The van der Waals surface area contributed by atoms with Crippen LogP contribution in [0.5, 0.6) is 0 Å². The highest BCUT2D eigenvalue weighted by Gasteiger charge is 2.11. The van der Waals surface area contributed by atoms with Crippen LogP contribution in [0.1, 0.15) is 49.9 Å². The Kier molecular flexibility index (Phi) is 7.10. The van der Waals surface area contributed by atoms with Gasteiger partial charge in [-0.05, 0) is 68.9 Å². The Balaban J connectivity index is 1.64. The minimum Gasteiger partial charge on any atom is -0.313 e. The van der Waals surface area contributed by atoms with Crippen LogP contribution in [-0.2, 0) is 12.8 Å². The van der Waals surface area contributed by atoms with E-state index in [9.17, 15) is 9.59 Å². The number of benzene rings is 1. The second-order valence-electron chi connectivity index (χ2n) is 7.51. The molecule has 0 N–H and O–H groups in total. The molecule has 0 aliphatic carbocycles. The summed E-state index contributed by atoms with van der Waals surface area (Å²) in [5.41, 5.74) is 2.24. The van der Waals surface area contributed by atoms with E-state index in [-0.39, 0.29) is 23.2 Å². The molecule has 0 spiro atoms. The second-order valence-corrected chi connectivity index (χ2v) is 7.89. The number of pyridine rings is 2. The molecule has 151 valence electrons. The number of hydrogen-bond donors (Lipinski definition) is 0. The average Bonchev–Trinajstić information content (AvgIpc) is 2.72. The summed E-state index contributed by atoms with van der Waals surface area (Å²) >= 11 is 6.37. The van der Waals surface area contributed by atoms with E-state index in [1.165, 1.54) is 0 Å². The first kappa shape index (κ1) is 21.1. The normalized spacial score (nSPS) is 13.2. The van der Waals surface area contributed by atoms with Crippen molar-refractivity contribution in [2.24, 2.45) is 0 Å². The van der Waals surface area contributed by atoms with Gasteiger partial charge >= 0.3 is 0 Å². The van der Waals surface area contributed by atoms with Gasteiger partial charge in [0.2, 0.25) is 0 Å². The molecule has 1 aromatic carbocycles. The molecule has 3 aromatic rings. The first-order valence-electron chi connectivity index (χ1n) is 9.99. The summed E-state index contributed by atoms with van der Waals surface area (Å²) in [7, 11) is 0. The maximum atomic E-state index is 12.0. The monoisotopic (exact) mass is 409 g/mol. The van der Waals surface area contributed by atoms with E-state index in [0.717, 1.165) is 36.8 Å². The lowest BCUT2D eigenvalue weighted by Gasteiger charge is -2.16. The summed E-state index contributed by atoms with van der Waals surface area (Å²) < 4.78 is 3.51. The standard InChI is InChI=1S/C24H26ClN2O2/c1-18(26-15-5-3-7-23(26)28)9-11-20-12-14-22(25)21(17-20)13-10-19(2)27-16-6-4-8-24(27)29/h3-8,12,15-19H,9-11,13H2,1-2H3. The van der Waals surface area contributed by atoms with Gasteiger partial charge in [0, 0.05) is 42.7 Å². The highest BCUT2D eigenvalue weighted by molar-refractivity contribution is 6.31. The van der Waals surface area contributed by atoms with Gasteiger partial charge < -0.3 is 9.13 Å². The maximum Gasteiger partial charge on any atom is 0.250 e. The van der Waals surface area contributed by atoms with E-state index in [1.807, 2.05) is 37.5 Å². The summed E-state index contributed by atoms with van der Waals surface area (Å²) in [5.74, 6) is 0. The molecule has 2 aromatic heterocycles. The van der Waals surface area contributed by atoms with Crippen LogP contribution in [0, 0.1) is 6.07 Å². The summed E-state index contributed by atoms with van der Waals surface area (Å²) in [4.78, 5) is 24.0. The van der Waals surface area contributed by atoms with E-state index in [2.05, 4.69) is 19.1 Å². The molecule has 0 fully saturated rings. The number of rotatable bonds is 8. The first-order chi connectivity index (χ1) is 14.0. The van der Waals surface area contributed by atoms with Crippen LogP contribution in [-0.4, -0.2) is 9.13 Å². The fraction of sp³-hybridized carbons (Fsp3) is 0.333.